The van der Waals surface area contributed by atoms with Crippen LogP contribution in [0.3, 0.4) is 0 Å². The monoisotopic (exact) mass is 263 g/mol. The van der Waals surface area contributed by atoms with Gasteiger partial charge in [-0.1, -0.05) is 12.1 Å². The first-order chi connectivity index (χ1) is 8.76. The minimum Gasteiger partial charge on any atom is -0.507 e. The topological polar surface area (TPSA) is 41.5 Å². The fourth-order valence-corrected chi connectivity index (χ4v) is 2.92. The first kappa shape index (κ1) is 11.5. The number of fused-ring (bicyclic) bond motifs is 3. The van der Waals surface area contributed by atoms with Gasteiger partial charge in [0.2, 0.25) is 0 Å². The van der Waals surface area contributed by atoms with Crippen LogP contribution in [0.4, 0.5) is 5.69 Å². The Morgan fingerprint density at radius 1 is 1.50 bits per heavy atom. The second-order valence-corrected chi connectivity index (χ2v) is 4.78. The van der Waals surface area contributed by atoms with Gasteiger partial charge in [0.15, 0.2) is 0 Å². The van der Waals surface area contributed by atoms with E-state index in [1.165, 1.54) is 0 Å². The Labute approximate surface area is 110 Å². The molecule has 1 aliphatic rings. The Hall–Kier alpha value is -1.61. The Balaban J connectivity index is 2.41. The van der Waals surface area contributed by atoms with Gasteiger partial charge in [0.1, 0.15) is 11.5 Å². The van der Waals surface area contributed by atoms with E-state index in [2.05, 4.69) is 5.32 Å². The van der Waals surface area contributed by atoms with Gasteiger partial charge in [0.05, 0.1) is 7.11 Å². The summed E-state index contributed by atoms with van der Waals surface area (Å²) in [5.41, 5.74) is 2.10. The van der Waals surface area contributed by atoms with Gasteiger partial charge in [-0.3, -0.25) is 0 Å². The van der Waals surface area contributed by atoms with Crippen LogP contribution >= 0.6 is 11.6 Å². The van der Waals surface area contributed by atoms with Crippen molar-refractivity contribution >= 4 is 28.1 Å². The number of phenolic OH excluding ortho intramolecular Hbond substituents is 1. The number of phenols is 1. The SMILES string of the molecule is COc1cccc2c(O)cc3c(c12)[C@H](CCl)CN3. The molecule has 94 valence electrons. The lowest BCUT2D eigenvalue weighted by Crippen LogP contribution is -2.03. The van der Waals surface area contributed by atoms with E-state index >= 15 is 0 Å². The van der Waals surface area contributed by atoms with Gasteiger partial charge in [-0.05, 0) is 11.6 Å². The van der Waals surface area contributed by atoms with Gasteiger partial charge in [0, 0.05) is 40.9 Å². The van der Waals surface area contributed by atoms with E-state index in [1.807, 2.05) is 18.2 Å². The smallest absolute Gasteiger partial charge is 0.127 e. The Morgan fingerprint density at radius 3 is 3.06 bits per heavy atom. The number of halogens is 1. The molecule has 0 saturated carbocycles. The van der Waals surface area contributed by atoms with Crippen LogP contribution in [0.25, 0.3) is 10.8 Å². The lowest BCUT2D eigenvalue weighted by atomic mass is 9.94. The summed E-state index contributed by atoms with van der Waals surface area (Å²) in [4.78, 5) is 0. The van der Waals surface area contributed by atoms with Crippen LogP contribution in [0.2, 0.25) is 0 Å². The quantitative estimate of drug-likeness (QED) is 0.817. The van der Waals surface area contributed by atoms with Crippen LogP contribution < -0.4 is 10.1 Å². The number of alkyl halides is 1. The molecular formula is C14H14ClNO2. The molecule has 0 saturated heterocycles. The Bertz CT molecular complexity index is 612. The number of hydrogen-bond donors (Lipinski definition) is 2. The van der Waals surface area contributed by atoms with Gasteiger partial charge < -0.3 is 15.2 Å². The van der Waals surface area contributed by atoms with Crippen molar-refractivity contribution in [3.63, 3.8) is 0 Å². The third-order valence-electron chi connectivity index (χ3n) is 3.50. The maximum atomic E-state index is 10.1. The third-order valence-corrected chi connectivity index (χ3v) is 3.87. The van der Waals surface area contributed by atoms with Crippen LogP contribution in [0, 0.1) is 0 Å². The average molecular weight is 264 g/mol. The van der Waals surface area contributed by atoms with E-state index in [4.69, 9.17) is 16.3 Å². The van der Waals surface area contributed by atoms with E-state index < -0.39 is 0 Å². The number of hydrogen-bond acceptors (Lipinski definition) is 3. The predicted molar refractivity (Wildman–Crippen MR) is 74.1 cm³/mol. The minimum atomic E-state index is 0.251. The molecule has 2 aromatic rings. The molecule has 18 heavy (non-hydrogen) atoms. The van der Waals surface area contributed by atoms with Crippen molar-refractivity contribution < 1.29 is 9.84 Å². The highest BCUT2D eigenvalue weighted by Crippen LogP contribution is 2.45. The number of anilines is 1. The van der Waals surface area contributed by atoms with Crippen molar-refractivity contribution in [1.29, 1.82) is 0 Å². The van der Waals surface area contributed by atoms with Gasteiger partial charge in [-0.25, -0.2) is 0 Å². The summed E-state index contributed by atoms with van der Waals surface area (Å²) < 4.78 is 5.42. The van der Waals surface area contributed by atoms with Gasteiger partial charge in [0.25, 0.3) is 0 Å². The van der Waals surface area contributed by atoms with Crippen LogP contribution in [0.5, 0.6) is 11.5 Å². The first-order valence-corrected chi connectivity index (χ1v) is 6.42. The second-order valence-electron chi connectivity index (χ2n) is 4.47. The number of methoxy groups -OCH3 is 1. The fourth-order valence-electron chi connectivity index (χ4n) is 2.66. The highest BCUT2D eigenvalue weighted by atomic mass is 35.5. The molecule has 1 heterocycles. The molecule has 0 amide bonds. The Kier molecular flexibility index (Phi) is 2.71. The molecule has 0 radical (unpaired) electrons. The first-order valence-electron chi connectivity index (χ1n) is 5.88. The molecule has 2 aromatic carbocycles. The van der Waals surface area contributed by atoms with E-state index in [-0.39, 0.29) is 11.7 Å². The van der Waals surface area contributed by atoms with Crippen molar-refractivity contribution in [3.8, 4) is 11.5 Å². The zero-order valence-corrected chi connectivity index (χ0v) is 10.8. The average Bonchev–Trinajstić information content (AvgIpc) is 2.81. The van der Waals surface area contributed by atoms with Crippen LogP contribution in [-0.4, -0.2) is 24.6 Å². The van der Waals surface area contributed by atoms with Gasteiger partial charge in [-0.2, -0.15) is 0 Å². The fraction of sp³-hybridized carbons (Fsp3) is 0.286. The summed E-state index contributed by atoms with van der Waals surface area (Å²) in [6.07, 6.45) is 0. The van der Waals surface area contributed by atoms with Crippen molar-refractivity contribution in [3.05, 3.63) is 29.8 Å². The molecule has 0 aliphatic carbocycles. The number of rotatable bonds is 2. The third kappa shape index (κ3) is 1.51. The Morgan fingerprint density at radius 2 is 2.33 bits per heavy atom. The number of ether oxygens (including phenoxy) is 1. The molecule has 0 unspecified atom stereocenters. The maximum Gasteiger partial charge on any atom is 0.127 e. The molecular weight excluding hydrogens is 250 g/mol. The van der Waals surface area contributed by atoms with E-state index in [0.717, 1.165) is 34.3 Å². The molecule has 1 aliphatic heterocycles. The second kappa shape index (κ2) is 4.25. The number of benzene rings is 2. The highest BCUT2D eigenvalue weighted by molar-refractivity contribution is 6.19. The van der Waals surface area contributed by atoms with E-state index in [1.54, 1.807) is 13.2 Å². The molecule has 3 nitrogen and oxygen atoms in total. The largest absolute Gasteiger partial charge is 0.507 e. The lowest BCUT2D eigenvalue weighted by Gasteiger charge is -2.14. The molecule has 0 spiro atoms. The minimum absolute atomic E-state index is 0.251. The standard InChI is InChI=1S/C14H14ClNO2/c1-18-12-4-2-3-9-11(17)5-10-13(14(9)12)8(6-15)7-16-10/h2-5,8,16-17H,6-7H2,1H3/t8-/m1/s1. The van der Waals surface area contributed by atoms with Gasteiger partial charge >= 0.3 is 0 Å². The highest BCUT2D eigenvalue weighted by Gasteiger charge is 2.26. The summed E-state index contributed by atoms with van der Waals surface area (Å²) in [7, 11) is 1.64. The van der Waals surface area contributed by atoms with Crippen molar-refractivity contribution in [2.24, 2.45) is 0 Å². The lowest BCUT2D eigenvalue weighted by molar-refractivity contribution is 0.419. The molecule has 4 heteroatoms. The summed E-state index contributed by atoms with van der Waals surface area (Å²) >= 11 is 6.03. The van der Waals surface area contributed by atoms with Crippen LogP contribution in [-0.2, 0) is 0 Å². The molecule has 2 N–H and O–H groups in total. The summed E-state index contributed by atoms with van der Waals surface area (Å²) in [6, 6.07) is 7.46. The molecule has 1 atom stereocenters. The number of aromatic hydroxyl groups is 1. The van der Waals surface area contributed by atoms with Crippen molar-refractivity contribution in [2.75, 3.05) is 24.9 Å². The molecule has 3 rings (SSSR count). The predicted octanol–water partition coefficient (Wildman–Crippen LogP) is 3.30. The van der Waals surface area contributed by atoms with E-state index in [9.17, 15) is 5.11 Å². The van der Waals surface area contributed by atoms with E-state index in [0.29, 0.717) is 5.88 Å². The summed E-state index contributed by atoms with van der Waals surface area (Å²) in [5.74, 6) is 1.85. The summed E-state index contributed by atoms with van der Waals surface area (Å²) in [5, 5.41) is 15.1. The van der Waals surface area contributed by atoms with Gasteiger partial charge in [-0.15, -0.1) is 11.6 Å². The van der Waals surface area contributed by atoms with Crippen molar-refractivity contribution in [2.45, 2.75) is 5.92 Å². The zero-order valence-electron chi connectivity index (χ0n) is 10.0. The molecule has 0 fully saturated rings. The van der Waals surface area contributed by atoms with Crippen LogP contribution in [0.1, 0.15) is 11.5 Å². The normalized spacial score (nSPS) is 17.6. The van der Waals surface area contributed by atoms with Crippen molar-refractivity contribution in [1.82, 2.24) is 0 Å². The maximum absolute atomic E-state index is 10.1. The van der Waals surface area contributed by atoms with Crippen LogP contribution in [0.15, 0.2) is 24.3 Å². The zero-order chi connectivity index (χ0) is 12.7. The summed E-state index contributed by atoms with van der Waals surface area (Å²) in [6.45, 7) is 0.801. The molecule has 0 bridgehead atoms. The molecule has 0 aromatic heterocycles. The number of nitrogens with one attached hydrogen (secondary N) is 1.